The fraction of sp³-hybridized carbons (Fsp3) is 0.143. The molecule has 0 bridgehead atoms. The van der Waals surface area contributed by atoms with Crippen molar-refractivity contribution < 1.29 is 18.5 Å². The van der Waals surface area contributed by atoms with Gasteiger partial charge < -0.3 is 13.7 Å². The summed E-state index contributed by atoms with van der Waals surface area (Å²) in [5.41, 5.74) is 0. The van der Waals surface area contributed by atoms with E-state index in [0.29, 0.717) is 5.76 Å². The van der Waals surface area contributed by atoms with Crippen LogP contribution in [-0.4, -0.2) is 34.1 Å². The summed E-state index contributed by atoms with van der Waals surface area (Å²) in [6.45, 7) is 0. The Hall–Kier alpha value is -2.81. The van der Waals surface area contributed by atoms with Crippen molar-refractivity contribution in [3.63, 3.8) is 0 Å². The molecule has 0 saturated heterocycles. The van der Waals surface area contributed by atoms with E-state index in [4.69, 9.17) is 13.7 Å². The van der Waals surface area contributed by atoms with Crippen molar-refractivity contribution in [3.8, 4) is 17.4 Å². The lowest BCUT2D eigenvalue weighted by molar-refractivity contribution is -0.113. The van der Waals surface area contributed by atoms with Gasteiger partial charge in [-0.2, -0.15) is 0 Å². The smallest absolute Gasteiger partial charge is 0.322 e. The van der Waals surface area contributed by atoms with E-state index < -0.39 is 0 Å². The molecular weight excluding hydrogens is 320 g/mol. The van der Waals surface area contributed by atoms with Gasteiger partial charge in [0.25, 0.3) is 5.89 Å². The number of carbonyl (C=O) groups excluding carboxylic acids is 1. The number of hydrogen-bond donors (Lipinski definition) is 1. The normalized spacial score (nSPS) is 10.5. The topological polar surface area (TPSA) is 103 Å². The molecule has 1 aromatic carbocycles. The summed E-state index contributed by atoms with van der Waals surface area (Å²) in [4.78, 5) is 12.8. The molecule has 0 fully saturated rings. The molecule has 1 amide bonds. The summed E-state index contributed by atoms with van der Waals surface area (Å²) < 4.78 is 15.2. The molecule has 118 valence electrons. The molecule has 8 nitrogen and oxygen atoms in total. The maximum Gasteiger partial charge on any atom is 0.322 e. The molecule has 1 N–H and O–H groups in total. The van der Waals surface area contributed by atoms with E-state index in [0.717, 1.165) is 10.6 Å². The Morgan fingerprint density at radius 1 is 1.26 bits per heavy atom. The van der Waals surface area contributed by atoms with Crippen molar-refractivity contribution in [1.82, 2.24) is 15.4 Å². The highest BCUT2D eigenvalue weighted by molar-refractivity contribution is 8.00. The van der Waals surface area contributed by atoms with Gasteiger partial charge in [0, 0.05) is 11.0 Å². The lowest BCUT2D eigenvalue weighted by Crippen LogP contribution is -2.14. The zero-order chi connectivity index (χ0) is 16.1. The van der Waals surface area contributed by atoms with E-state index in [1.165, 1.54) is 18.0 Å². The number of nitrogens with one attached hydrogen (secondary N) is 1. The first-order valence-electron chi connectivity index (χ1n) is 6.56. The second kappa shape index (κ2) is 6.97. The lowest BCUT2D eigenvalue weighted by atomic mass is 10.3. The molecule has 23 heavy (non-hydrogen) atoms. The SMILES string of the molecule is COc1ccc(SCC(=O)Nc2nnc(-c3ccno3)o2)cc1. The summed E-state index contributed by atoms with van der Waals surface area (Å²) >= 11 is 1.39. The van der Waals surface area contributed by atoms with Gasteiger partial charge in [0.15, 0.2) is 0 Å². The lowest BCUT2D eigenvalue weighted by Gasteiger charge is -2.03. The third-order valence-corrected chi connectivity index (χ3v) is 3.76. The first-order chi connectivity index (χ1) is 11.2. The molecule has 9 heteroatoms. The van der Waals surface area contributed by atoms with E-state index >= 15 is 0 Å². The van der Waals surface area contributed by atoms with E-state index in [1.54, 1.807) is 13.2 Å². The van der Waals surface area contributed by atoms with Crippen LogP contribution >= 0.6 is 11.8 Å². The quantitative estimate of drug-likeness (QED) is 0.687. The van der Waals surface area contributed by atoms with Gasteiger partial charge in [-0.1, -0.05) is 10.3 Å². The highest BCUT2D eigenvalue weighted by atomic mass is 32.2. The van der Waals surface area contributed by atoms with Gasteiger partial charge in [-0.15, -0.1) is 16.9 Å². The Morgan fingerprint density at radius 3 is 2.78 bits per heavy atom. The fourth-order valence-corrected chi connectivity index (χ4v) is 2.37. The van der Waals surface area contributed by atoms with Crippen LogP contribution in [0.5, 0.6) is 5.75 Å². The summed E-state index contributed by atoms with van der Waals surface area (Å²) in [6.07, 6.45) is 1.46. The number of anilines is 1. The molecule has 0 unspecified atom stereocenters. The Kier molecular flexibility index (Phi) is 4.57. The summed E-state index contributed by atoms with van der Waals surface area (Å²) in [5, 5.41) is 13.6. The van der Waals surface area contributed by atoms with E-state index in [-0.39, 0.29) is 23.6 Å². The largest absolute Gasteiger partial charge is 0.497 e. The van der Waals surface area contributed by atoms with Crippen LogP contribution in [0.25, 0.3) is 11.7 Å². The molecule has 0 saturated carbocycles. The molecule has 0 spiro atoms. The van der Waals surface area contributed by atoms with Crippen molar-refractivity contribution in [2.75, 3.05) is 18.2 Å². The summed E-state index contributed by atoms with van der Waals surface area (Å²) in [6, 6.07) is 9.02. The van der Waals surface area contributed by atoms with Crippen LogP contribution in [0.1, 0.15) is 0 Å². The Labute approximate surface area is 135 Å². The fourth-order valence-electron chi connectivity index (χ4n) is 1.68. The van der Waals surface area contributed by atoms with Crippen LogP contribution in [0.3, 0.4) is 0 Å². The molecular formula is C14H12N4O4S. The van der Waals surface area contributed by atoms with E-state index in [1.807, 2.05) is 24.3 Å². The monoisotopic (exact) mass is 332 g/mol. The minimum Gasteiger partial charge on any atom is -0.497 e. The Balaban J connectivity index is 1.53. The van der Waals surface area contributed by atoms with Gasteiger partial charge in [0.05, 0.1) is 19.1 Å². The predicted molar refractivity (Wildman–Crippen MR) is 82.1 cm³/mol. The van der Waals surface area contributed by atoms with Gasteiger partial charge in [-0.3, -0.25) is 10.1 Å². The number of benzene rings is 1. The number of thioether (sulfide) groups is 1. The molecule has 3 rings (SSSR count). The summed E-state index contributed by atoms with van der Waals surface area (Å²) in [7, 11) is 1.60. The number of methoxy groups -OCH3 is 1. The van der Waals surface area contributed by atoms with Gasteiger partial charge >= 0.3 is 6.01 Å². The second-order valence-corrected chi connectivity index (χ2v) is 5.35. The number of nitrogens with zero attached hydrogens (tertiary/aromatic N) is 3. The average Bonchev–Trinajstić information content (AvgIpc) is 3.24. The minimum atomic E-state index is -0.251. The third kappa shape index (κ3) is 3.89. The summed E-state index contributed by atoms with van der Waals surface area (Å²) in [5.74, 6) is 1.22. The Bertz CT molecular complexity index is 770. The number of amides is 1. The number of ether oxygens (including phenoxy) is 1. The Morgan fingerprint density at radius 2 is 2.09 bits per heavy atom. The van der Waals surface area contributed by atoms with Crippen LogP contribution in [0.2, 0.25) is 0 Å². The van der Waals surface area contributed by atoms with Gasteiger partial charge in [0.1, 0.15) is 5.75 Å². The van der Waals surface area contributed by atoms with Crippen LogP contribution in [0.4, 0.5) is 6.01 Å². The molecule has 3 aromatic rings. The number of hydrogen-bond acceptors (Lipinski definition) is 8. The zero-order valence-electron chi connectivity index (χ0n) is 12.1. The molecule has 0 aliphatic heterocycles. The molecule has 0 atom stereocenters. The standard InChI is InChI=1S/C14H12N4O4S/c1-20-9-2-4-10(5-3-9)23-8-12(19)16-14-18-17-13(21-14)11-6-7-15-22-11/h2-7H,8H2,1H3,(H,16,18,19). The molecule has 2 aromatic heterocycles. The van der Waals surface area contributed by atoms with Crippen LogP contribution < -0.4 is 10.1 Å². The van der Waals surface area contributed by atoms with Crippen molar-refractivity contribution in [1.29, 1.82) is 0 Å². The number of aromatic nitrogens is 3. The van der Waals surface area contributed by atoms with Crippen molar-refractivity contribution in [2.45, 2.75) is 4.90 Å². The predicted octanol–water partition coefficient (Wildman–Crippen LogP) is 2.46. The molecule has 2 heterocycles. The molecule has 0 radical (unpaired) electrons. The van der Waals surface area contributed by atoms with E-state index in [2.05, 4.69) is 20.7 Å². The zero-order valence-corrected chi connectivity index (χ0v) is 12.9. The maximum atomic E-state index is 11.9. The highest BCUT2D eigenvalue weighted by Crippen LogP contribution is 2.22. The van der Waals surface area contributed by atoms with Gasteiger partial charge in [-0.25, -0.2) is 0 Å². The molecule has 0 aliphatic rings. The first-order valence-corrected chi connectivity index (χ1v) is 7.54. The average molecular weight is 332 g/mol. The van der Waals surface area contributed by atoms with E-state index in [9.17, 15) is 4.79 Å². The third-order valence-electron chi connectivity index (χ3n) is 2.75. The van der Waals surface area contributed by atoms with Gasteiger partial charge in [0.2, 0.25) is 11.7 Å². The maximum absolute atomic E-state index is 11.9. The van der Waals surface area contributed by atoms with Crippen molar-refractivity contribution in [3.05, 3.63) is 36.5 Å². The van der Waals surface area contributed by atoms with Crippen molar-refractivity contribution >= 4 is 23.7 Å². The minimum absolute atomic E-state index is 0.0109. The molecule has 0 aliphatic carbocycles. The van der Waals surface area contributed by atoms with Crippen molar-refractivity contribution in [2.24, 2.45) is 0 Å². The van der Waals surface area contributed by atoms with Crippen LogP contribution in [0.15, 0.2) is 50.4 Å². The van der Waals surface area contributed by atoms with Gasteiger partial charge in [-0.05, 0) is 24.3 Å². The highest BCUT2D eigenvalue weighted by Gasteiger charge is 2.13. The number of carbonyl (C=O) groups is 1. The second-order valence-electron chi connectivity index (χ2n) is 4.30. The van der Waals surface area contributed by atoms with Crippen LogP contribution in [-0.2, 0) is 4.79 Å². The number of rotatable bonds is 6. The van der Waals surface area contributed by atoms with Crippen LogP contribution in [0, 0.1) is 0 Å². The first kappa shape index (κ1) is 15.1.